The third-order valence-electron chi connectivity index (χ3n) is 5.18. The lowest BCUT2D eigenvalue weighted by Crippen LogP contribution is -2.42. The molecule has 3 atom stereocenters. The first-order valence-corrected chi connectivity index (χ1v) is 8.53. The molecule has 3 N–H and O–H groups in total. The van der Waals surface area contributed by atoms with Crippen molar-refractivity contribution in [3.05, 3.63) is 35.9 Å². The number of benzene rings is 1. The van der Waals surface area contributed by atoms with Gasteiger partial charge < -0.3 is 16.0 Å². The van der Waals surface area contributed by atoms with Gasteiger partial charge in [-0.25, -0.2) is 0 Å². The largest absolute Gasteiger partial charge is 0.354 e. The van der Waals surface area contributed by atoms with Gasteiger partial charge in [-0.05, 0) is 30.9 Å². The molecule has 0 bridgehead atoms. The number of amides is 2. The molecule has 0 radical (unpaired) electrons. The first-order valence-electron chi connectivity index (χ1n) is 8.53. The van der Waals surface area contributed by atoms with Gasteiger partial charge in [0.25, 0.3) is 0 Å². The fourth-order valence-electron chi connectivity index (χ4n) is 3.92. The summed E-state index contributed by atoms with van der Waals surface area (Å²) in [6.45, 7) is 1.66. The Labute approximate surface area is 149 Å². The zero-order chi connectivity index (χ0) is 16.2. The third-order valence-corrected chi connectivity index (χ3v) is 5.18. The molecule has 1 saturated carbocycles. The highest BCUT2D eigenvalue weighted by molar-refractivity contribution is 5.85. The van der Waals surface area contributed by atoms with Crippen molar-refractivity contribution < 1.29 is 9.59 Å². The van der Waals surface area contributed by atoms with Crippen LogP contribution in [0, 0.1) is 11.8 Å². The number of nitrogens with one attached hydrogen (secondary N) is 1. The molecule has 1 heterocycles. The molecule has 2 amide bonds. The number of hydrogen-bond donors (Lipinski definition) is 2. The topological polar surface area (TPSA) is 75.4 Å². The van der Waals surface area contributed by atoms with Gasteiger partial charge in [-0.15, -0.1) is 12.4 Å². The van der Waals surface area contributed by atoms with Crippen LogP contribution in [0.5, 0.6) is 0 Å². The Morgan fingerprint density at radius 3 is 2.71 bits per heavy atom. The molecular weight excluding hydrogens is 326 g/mol. The Morgan fingerprint density at radius 2 is 2.00 bits per heavy atom. The van der Waals surface area contributed by atoms with Crippen LogP contribution >= 0.6 is 12.4 Å². The summed E-state index contributed by atoms with van der Waals surface area (Å²) in [6.07, 6.45) is 3.35. The van der Waals surface area contributed by atoms with Gasteiger partial charge in [-0.1, -0.05) is 36.8 Å². The molecule has 5 nitrogen and oxygen atoms in total. The highest BCUT2D eigenvalue weighted by atomic mass is 35.5. The van der Waals surface area contributed by atoms with Crippen LogP contribution in [0.2, 0.25) is 0 Å². The zero-order valence-corrected chi connectivity index (χ0v) is 14.6. The van der Waals surface area contributed by atoms with Crippen LogP contribution in [0.1, 0.15) is 37.3 Å². The highest BCUT2D eigenvalue weighted by Crippen LogP contribution is 2.35. The lowest BCUT2D eigenvalue weighted by atomic mass is 9.92. The van der Waals surface area contributed by atoms with Crippen molar-refractivity contribution in [3.8, 4) is 0 Å². The fraction of sp³-hybridized carbons (Fsp3) is 0.556. The summed E-state index contributed by atoms with van der Waals surface area (Å²) in [6, 6.07) is 9.69. The number of nitrogens with two attached hydrogens (primary N) is 1. The Hall–Kier alpha value is -1.59. The Morgan fingerprint density at radius 1 is 1.25 bits per heavy atom. The summed E-state index contributed by atoms with van der Waals surface area (Å²) in [5, 5.41) is 2.89. The highest BCUT2D eigenvalue weighted by Gasteiger charge is 2.38. The van der Waals surface area contributed by atoms with Crippen molar-refractivity contribution >= 4 is 24.2 Å². The summed E-state index contributed by atoms with van der Waals surface area (Å²) in [5.41, 5.74) is 6.88. The van der Waals surface area contributed by atoms with Gasteiger partial charge in [-0.3, -0.25) is 9.59 Å². The second-order valence-corrected chi connectivity index (χ2v) is 6.55. The molecule has 6 heteroatoms. The van der Waals surface area contributed by atoms with Crippen molar-refractivity contribution in [1.29, 1.82) is 0 Å². The standard InChI is InChI=1S/C18H25N3O2.ClH/c19-12-14-7-4-8-15(14)18(23)21-10-9-20-17(22)11-16(21)13-5-2-1-3-6-13;/h1-3,5-6,14-16H,4,7-12,19H2,(H,20,22);1H/t14-,15-,16?;/m1./s1. The Kier molecular flexibility index (Phi) is 6.63. The SMILES string of the molecule is Cl.NC[C@H]1CCC[C@H]1C(=O)N1CCNC(=O)CC1c1ccccc1. The van der Waals surface area contributed by atoms with Crippen molar-refractivity contribution in [3.63, 3.8) is 0 Å². The summed E-state index contributed by atoms with van der Waals surface area (Å²) >= 11 is 0. The molecule has 24 heavy (non-hydrogen) atoms. The van der Waals surface area contributed by atoms with E-state index in [2.05, 4.69) is 5.32 Å². The van der Waals surface area contributed by atoms with Crippen LogP contribution < -0.4 is 11.1 Å². The van der Waals surface area contributed by atoms with E-state index in [1.165, 1.54) is 0 Å². The second kappa shape index (κ2) is 8.49. The third kappa shape index (κ3) is 3.90. The lowest BCUT2D eigenvalue weighted by molar-refractivity contribution is -0.139. The van der Waals surface area contributed by atoms with Crippen molar-refractivity contribution in [2.24, 2.45) is 17.6 Å². The minimum atomic E-state index is -0.176. The van der Waals surface area contributed by atoms with Crippen LogP contribution in [0.25, 0.3) is 0 Å². The summed E-state index contributed by atoms with van der Waals surface area (Å²) < 4.78 is 0. The van der Waals surface area contributed by atoms with E-state index >= 15 is 0 Å². The quantitative estimate of drug-likeness (QED) is 0.873. The van der Waals surface area contributed by atoms with E-state index in [1.54, 1.807) is 0 Å². The molecule has 1 aromatic rings. The van der Waals surface area contributed by atoms with E-state index in [0.29, 0.717) is 26.1 Å². The maximum absolute atomic E-state index is 13.1. The molecule has 2 aliphatic rings. The molecule has 1 unspecified atom stereocenters. The van der Waals surface area contributed by atoms with E-state index in [1.807, 2.05) is 35.2 Å². The van der Waals surface area contributed by atoms with Gasteiger partial charge in [0.05, 0.1) is 12.5 Å². The van der Waals surface area contributed by atoms with Crippen molar-refractivity contribution in [1.82, 2.24) is 10.2 Å². The number of nitrogens with zero attached hydrogens (tertiary/aromatic N) is 1. The molecular formula is C18H26ClN3O2. The van der Waals surface area contributed by atoms with Crippen LogP contribution in [0.15, 0.2) is 30.3 Å². The molecule has 132 valence electrons. The van der Waals surface area contributed by atoms with Crippen LogP contribution in [0.3, 0.4) is 0 Å². The van der Waals surface area contributed by atoms with E-state index in [9.17, 15) is 9.59 Å². The predicted molar refractivity (Wildman–Crippen MR) is 95.7 cm³/mol. The predicted octanol–water partition coefficient (Wildman–Crippen LogP) is 1.87. The van der Waals surface area contributed by atoms with Gasteiger partial charge >= 0.3 is 0 Å². The summed E-state index contributed by atoms with van der Waals surface area (Å²) in [5.74, 6) is 0.476. The average Bonchev–Trinajstić information content (AvgIpc) is 2.97. The molecule has 1 aliphatic heterocycles. The summed E-state index contributed by atoms with van der Waals surface area (Å²) in [4.78, 5) is 27.1. The number of rotatable bonds is 3. The number of carbonyl (C=O) groups excluding carboxylic acids is 2. The first kappa shape index (κ1) is 18.7. The van der Waals surface area contributed by atoms with E-state index in [0.717, 1.165) is 24.8 Å². The van der Waals surface area contributed by atoms with Gasteiger partial charge in [-0.2, -0.15) is 0 Å². The van der Waals surface area contributed by atoms with E-state index in [4.69, 9.17) is 5.73 Å². The Balaban J connectivity index is 0.00000208. The smallest absolute Gasteiger partial charge is 0.226 e. The van der Waals surface area contributed by atoms with E-state index in [-0.39, 0.29) is 42.1 Å². The molecule has 1 saturated heterocycles. The molecule has 2 fully saturated rings. The molecule has 0 spiro atoms. The fourth-order valence-corrected chi connectivity index (χ4v) is 3.92. The van der Waals surface area contributed by atoms with Crippen LogP contribution in [-0.4, -0.2) is 36.3 Å². The van der Waals surface area contributed by atoms with Gasteiger partial charge in [0, 0.05) is 19.0 Å². The van der Waals surface area contributed by atoms with Crippen LogP contribution in [0.4, 0.5) is 0 Å². The maximum atomic E-state index is 13.1. The lowest BCUT2D eigenvalue weighted by Gasteiger charge is -2.33. The molecule has 1 aliphatic carbocycles. The number of halogens is 1. The van der Waals surface area contributed by atoms with E-state index < -0.39 is 0 Å². The minimum Gasteiger partial charge on any atom is -0.354 e. The van der Waals surface area contributed by atoms with Gasteiger partial charge in [0.15, 0.2) is 0 Å². The maximum Gasteiger partial charge on any atom is 0.226 e. The molecule has 1 aromatic carbocycles. The normalized spacial score (nSPS) is 27.1. The van der Waals surface area contributed by atoms with Crippen molar-refractivity contribution in [2.75, 3.05) is 19.6 Å². The molecule has 3 rings (SSSR count). The summed E-state index contributed by atoms with van der Waals surface area (Å²) in [7, 11) is 0. The Bertz CT molecular complexity index is 567. The van der Waals surface area contributed by atoms with Gasteiger partial charge in [0.2, 0.25) is 11.8 Å². The monoisotopic (exact) mass is 351 g/mol. The first-order chi connectivity index (χ1) is 11.2. The second-order valence-electron chi connectivity index (χ2n) is 6.55. The molecule has 0 aromatic heterocycles. The van der Waals surface area contributed by atoms with Crippen molar-refractivity contribution in [2.45, 2.75) is 31.7 Å². The minimum absolute atomic E-state index is 0. The number of hydrogen-bond acceptors (Lipinski definition) is 3. The zero-order valence-electron chi connectivity index (χ0n) is 13.8. The average molecular weight is 352 g/mol. The number of carbonyl (C=O) groups is 2. The van der Waals surface area contributed by atoms with Gasteiger partial charge in [0.1, 0.15) is 0 Å². The van der Waals surface area contributed by atoms with Crippen LogP contribution in [-0.2, 0) is 9.59 Å².